The van der Waals surface area contributed by atoms with Gasteiger partial charge in [-0.3, -0.25) is 9.59 Å². The van der Waals surface area contributed by atoms with Gasteiger partial charge >= 0.3 is 5.97 Å². The number of Topliss-reactive ketones (excluding diaryl/α,β-unsaturated/α-hetero) is 1. The van der Waals surface area contributed by atoms with Crippen LogP contribution in [0.1, 0.15) is 44.2 Å². The van der Waals surface area contributed by atoms with E-state index in [1.165, 1.54) is 24.9 Å². The Morgan fingerprint density at radius 1 is 1.32 bits per heavy atom. The standard InChI is InChI=1S/C14H15NO6S/c1-19-5-3-4-6-22-9-7-8(16)13-10(12(9)17)11(15-21-13)14(18)20-2/h7H,3-6H2,1-2H3. The van der Waals surface area contributed by atoms with Gasteiger partial charge in [0, 0.05) is 19.8 Å². The summed E-state index contributed by atoms with van der Waals surface area (Å²) in [5.41, 5.74) is -0.375. The number of unbranched alkanes of at least 4 members (excludes halogenated alkanes) is 1. The molecule has 0 amide bonds. The zero-order valence-electron chi connectivity index (χ0n) is 12.2. The molecule has 1 aliphatic carbocycles. The minimum Gasteiger partial charge on any atom is -0.464 e. The molecule has 1 heterocycles. The molecule has 1 aromatic heterocycles. The summed E-state index contributed by atoms with van der Waals surface area (Å²) in [5, 5.41) is 3.47. The molecule has 0 aromatic carbocycles. The van der Waals surface area contributed by atoms with E-state index >= 15 is 0 Å². The predicted octanol–water partition coefficient (Wildman–Crippen LogP) is 1.88. The Labute approximate surface area is 131 Å². The number of methoxy groups -OCH3 is 2. The van der Waals surface area contributed by atoms with E-state index in [1.54, 1.807) is 7.11 Å². The van der Waals surface area contributed by atoms with Crippen LogP contribution in [0.5, 0.6) is 0 Å². The lowest BCUT2D eigenvalue weighted by molar-refractivity contribution is 0.0586. The average Bonchev–Trinajstić information content (AvgIpc) is 2.96. The van der Waals surface area contributed by atoms with Crippen molar-refractivity contribution < 1.29 is 28.4 Å². The smallest absolute Gasteiger partial charge is 0.361 e. The number of hydrogen-bond acceptors (Lipinski definition) is 8. The lowest BCUT2D eigenvalue weighted by atomic mass is 10.00. The van der Waals surface area contributed by atoms with E-state index in [1.807, 2.05) is 0 Å². The maximum atomic E-state index is 12.4. The number of thioether (sulfide) groups is 1. The first kappa shape index (κ1) is 16.4. The number of carbonyl (C=O) groups excluding carboxylic acids is 3. The van der Waals surface area contributed by atoms with Gasteiger partial charge in [0.2, 0.25) is 23.0 Å². The van der Waals surface area contributed by atoms with Crippen LogP contribution in [0.15, 0.2) is 15.5 Å². The van der Waals surface area contributed by atoms with Crippen molar-refractivity contribution in [2.45, 2.75) is 12.8 Å². The van der Waals surface area contributed by atoms with Crippen LogP contribution in [0.4, 0.5) is 0 Å². The van der Waals surface area contributed by atoms with Crippen LogP contribution >= 0.6 is 11.8 Å². The van der Waals surface area contributed by atoms with Gasteiger partial charge in [0.05, 0.1) is 12.0 Å². The van der Waals surface area contributed by atoms with Crippen molar-refractivity contribution in [3.05, 3.63) is 28.0 Å². The molecule has 0 N–H and O–H groups in total. The van der Waals surface area contributed by atoms with Crippen LogP contribution < -0.4 is 0 Å². The maximum Gasteiger partial charge on any atom is 0.361 e. The number of esters is 1. The summed E-state index contributed by atoms with van der Waals surface area (Å²) >= 11 is 1.27. The fraction of sp³-hybridized carbons (Fsp3) is 0.429. The molecule has 0 aliphatic heterocycles. The van der Waals surface area contributed by atoms with E-state index in [9.17, 15) is 14.4 Å². The van der Waals surface area contributed by atoms with Crippen LogP contribution in [-0.4, -0.2) is 49.3 Å². The van der Waals surface area contributed by atoms with E-state index in [0.717, 1.165) is 12.8 Å². The highest BCUT2D eigenvalue weighted by Gasteiger charge is 2.36. The van der Waals surface area contributed by atoms with Crippen molar-refractivity contribution in [1.29, 1.82) is 0 Å². The molecule has 8 heteroatoms. The number of nitrogens with zero attached hydrogens (tertiary/aromatic N) is 1. The second kappa shape index (κ2) is 7.37. The fourth-order valence-corrected chi connectivity index (χ4v) is 2.91. The van der Waals surface area contributed by atoms with Gasteiger partial charge in [-0.25, -0.2) is 4.79 Å². The molecule has 0 spiro atoms. The number of carbonyl (C=O) groups is 3. The van der Waals surface area contributed by atoms with Crippen LogP contribution in [0.2, 0.25) is 0 Å². The first-order chi connectivity index (χ1) is 10.6. The Bertz CT molecular complexity index is 633. The average molecular weight is 325 g/mol. The monoisotopic (exact) mass is 325 g/mol. The van der Waals surface area contributed by atoms with Crippen LogP contribution in [0.25, 0.3) is 0 Å². The van der Waals surface area contributed by atoms with E-state index in [-0.39, 0.29) is 21.9 Å². The summed E-state index contributed by atoms with van der Waals surface area (Å²) in [6.45, 7) is 0.648. The molecule has 1 aliphatic rings. The lowest BCUT2D eigenvalue weighted by Gasteiger charge is -2.10. The molecule has 7 nitrogen and oxygen atoms in total. The number of allylic oxidation sites excluding steroid dienone is 2. The summed E-state index contributed by atoms with van der Waals surface area (Å²) in [6.07, 6.45) is 2.93. The van der Waals surface area contributed by atoms with Crippen LogP contribution in [0, 0.1) is 0 Å². The summed E-state index contributed by atoms with van der Waals surface area (Å²) in [7, 11) is 2.79. The molecule has 0 atom stereocenters. The van der Waals surface area contributed by atoms with Crippen molar-refractivity contribution in [2.24, 2.45) is 0 Å². The van der Waals surface area contributed by atoms with Gasteiger partial charge in [-0.15, -0.1) is 11.8 Å². The normalized spacial score (nSPS) is 13.8. The Hall–Kier alpha value is -1.93. The fourth-order valence-electron chi connectivity index (χ4n) is 1.92. The Morgan fingerprint density at radius 2 is 2.09 bits per heavy atom. The quantitative estimate of drug-likeness (QED) is 0.554. The third-order valence-corrected chi connectivity index (χ3v) is 4.12. The van der Waals surface area contributed by atoms with E-state index in [2.05, 4.69) is 9.89 Å². The van der Waals surface area contributed by atoms with Crippen molar-refractivity contribution in [1.82, 2.24) is 5.16 Å². The Morgan fingerprint density at radius 3 is 2.77 bits per heavy atom. The molecule has 1 aromatic rings. The summed E-state index contributed by atoms with van der Waals surface area (Å²) in [6, 6.07) is 0. The number of rotatable bonds is 7. The maximum absolute atomic E-state index is 12.4. The van der Waals surface area contributed by atoms with Crippen molar-refractivity contribution in [2.75, 3.05) is 26.6 Å². The third-order valence-electron chi connectivity index (χ3n) is 3.01. The molecule has 0 fully saturated rings. The van der Waals surface area contributed by atoms with Crippen molar-refractivity contribution in [3.8, 4) is 0 Å². The number of hydrogen-bond donors (Lipinski definition) is 0. The number of ketones is 2. The van der Waals surface area contributed by atoms with Gasteiger partial charge in [0.1, 0.15) is 5.56 Å². The number of aromatic nitrogens is 1. The molecular weight excluding hydrogens is 310 g/mol. The zero-order valence-corrected chi connectivity index (χ0v) is 13.0. The minimum absolute atomic E-state index is 0.112. The Balaban J connectivity index is 2.13. The number of fused-ring (bicyclic) bond motifs is 1. The van der Waals surface area contributed by atoms with Gasteiger partial charge in [0.25, 0.3) is 0 Å². The highest BCUT2D eigenvalue weighted by molar-refractivity contribution is 8.04. The van der Waals surface area contributed by atoms with E-state index in [4.69, 9.17) is 9.26 Å². The molecule has 0 radical (unpaired) electrons. The first-order valence-electron chi connectivity index (χ1n) is 6.60. The highest BCUT2D eigenvalue weighted by Crippen LogP contribution is 2.31. The minimum atomic E-state index is -0.808. The molecule has 2 rings (SSSR count). The number of ether oxygens (including phenoxy) is 2. The van der Waals surface area contributed by atoms with Crippen molar-refractivity contribution in [3.63, 3.8) is 0 Å². The summed E-state index contributed by atoms with van der Waals surface area (Å²) < 4.78 is 14.3. The first-order valence-corrected chi connectivity index (χ1v) is 7.59. The van der Waals surface area contributed by atoms with Gasteiger partial charge < -0.3 is 14.0 Å². The third kappa shape index (κ3) is 3.28. The molecule has 0 saturated carbocycles. The van der Waals surface area contributed by atoms with E-state index < -0.39 is 17.5 Å². The second-order valence-electron chi connectivity index (χ2n) is 4.48. The topological polar surface area (TPSA) is 95.7 Å². The largest absolute Gasteiger partial charge is 0.464 e. The Kier molecular flexibility index (Phi) is 5.51. The molecular formula is C14H15NO6S. The molecule has 0 bridgehead atoms. The summed E-state index contributed by atoms with van der Waals surface area (Å²) in [4.78, 5) is 36.2. The zero-order chi connectivity index (χ0) is 16.1. The lowest BCUT2D eigenvalue weighted by Crippen LogP contribution is -2.17. The van der Waals surface area contributed by atoms with Gasteiger partial charge in [-0.2, -0.15) is 0 Å². The summed E-state index contributed by atoms with van der Waals surface area (Å²) in [5.74, 6) is -1.26. The van der Waals surface area contributed by atoms with Crippen LogP contribution in [-0.2, 0) is 9.47 Å². The molecule has 0 unspecified atom stereocenters. The van der Waals surface area contributed by atoms with Crippen molar-refractivity contribution >= 4 is 29.3 Å². The van der Waals surface area contributed by atoms with E-state index in [0.29, 0.717) is 12.4 Å². The SMILES string of the molecule is COCCCCSC1=CC(=O)c2onc(C(=O)OC)c2C1=O. The van der Waals surface area contributed by atoms with Gasteiger partial charge in [-0.1, -0.05) is 5.16 Å². The molecule has 0 saturated heterocycles. The van der Waals surface area contributed by atoms with Gasteiger partial charge in [0.15, 0.2) is 0 Å². The van der Waals surface area contributed by atoms with Gasteiger partial charge in [-0.05, 0) is 18.6 Å². The highest BCUT2D eigenvalue weighted by atomic mass is 32.2. The predicted molar refractivity (Wildman–Crippen MR) is 78.2 cm³/mol. The molecule has 22 heavy (non-hydrogen) atoms. The molecule has 118 valence electrons. The second-order valence-corrected chi connectivity index (χ2v) is 5.61. The van der Waals surface area contributed by atoms with Crippen LogP contribution in [0.3, 0.4) is 0 Å².